The zero-order valence-electron chi connectivity index (χ0n) is 17.3. The minimum absolute atomic E-state index is 0.0859. The number of nitrogens with zero attached hydrogens (tertiary/aromatic N) is 1. The Bertz CT molecular complexity index is 700. The molecule has 0 saturated carbocycles. The van der Waals surface area contributed by atoms with Crippen molar-refractivity contribution in [3.63, 3.8) is 0 Å². The Hall–Kier alpha value is -2.64. The van der Waals surface area contributed by atoms with Gasteiger partial charge in [-0.3, -0.25) is 9.59 Å². The van der Waals surface area contributed by atoms with E-state index in [9.17, 15) is 18.8 Å². The molecule has 1 aliphatic heterocycles. The van der Waals surface area contributed by atoms with Crippen molar-refractivity contribution < 1.29 is 18.8 Å². The van der Waals surface area contributed by atoms with Gasteiger partial charge in [0.1, 0.15) is 11.9 Å². The first-order valence-corrected chi connectivity index (χ1v) is 10.2. The molecule has 1 aromatic carbocycles. The highest BCUT2D eigenvalue weighted by Crippen LogP contribution is 2.22. The molecule has 0 spiro atoms. The molecule has 1 aliphatic rings. The van der Waals surface area contributed by atoms with Crippen LogP contribution in [0.2, 0.25) is 0 Å². The van der Waals surface area contributed by atoms with Gasteiger partial charge < -0.3 is 20.9 Å². The van der Waals surface area contributed by atoms with E-state index in [1.165, 1.54) is 24.3 Å². The number of likely N-dealkylation sites (tertiary alicyclic amines) is 1. The summed E-state index contributed by atoms with van der Waals surface area (Å²) in [7, 11) is 0. The van der Waals surface area contributed by atoms with Gasteiger partial charge >= 0.3 is 6.03 Å². The number of urea groups is 1. The van der Waals surface area contributed by atoms with Crippen LogP contribution in [0.1, 0.15) is 44.0 Å². The van der Waals surface area contributed by atoms with E-state index in [4.69, 9.17) is 0 Å². The molecular formula is C21H31FN4O3. The van der Waals surface area contributed by atoms with Crippen LogP contribution in [-0.4, -0.2) is 55.0 Å². The third kappa shape index (κ3) is 6.73. The second-order valence-corrected chi connectivity index (χ2v) is 7.76. The van der Waals surface area contributed by atoms with E-state index < -0.39 is 17.8 Å². The normalized spacial score (nSPS) is 15.7. The fourth-order valence-electron chi connectivity index (χ4n) is 3.34. The van der Waals surface area contributed by atoms with Crippen LogP contribution in [0.4, 0.5) is 9.18 Å². The Morgan fingerprint density at radius 3 is 2.28 bits per heavy atom. The number of amides is 4. The standard InChI is InChI=1S/C21H31FN4O3/c1-4-23-21(29)26-11-9-15(10-12-26)18(20(28)24-13-14(2)3)25-19(27)16-5-7-17(22)8-6-16/h5-8,14-15,18H,4,9-13H2,1-3H3,(H,23,29)(H,24,28)(H,25,27). The van der Waals surface area contributed by atoms with E-state index in [-0.39, 0.29) is 23.8 Å². The molecule has 2 rings (SSSR count). The summed E-state index contributed by atoms with van der Waals surface area (Å²) in [6, 6.07) is 4.41. The Labute approximate surface area is 171 Å². The van der Waals surface area contributed by atoms with Crippen LogP contribution >= 0.6 is 0 Å². The smallest absolute Gasteiger partial charge is 0.317 e. The van der Waals surface area contributed by atoms with E-state index in [1.807, 2.05) is 20.8 Å². The summed E-state index contributed by atoms with van der Waals surface area (Å²) in [6.45, 7) is 7.99. The second-order valence-electron chi connectivity index (χ2n) is 7.76. The number of halogens is 1. The second kappa shape index (κ2) is 10.8. The summed E-state index contributed by atoms with van der Waals surface area (Å²) < 4.78 is 13.1. The molecule has 1 fully saturated rings. The Balaban J connectivity index is 2.07. The van der Waals surface area contributed by atoms with Crippen LogP contribution in [-0.2, 0) is 4.79 Å². The number of piperidine rings is 1. The van der Waals surface area contributed by atoms with Gasteiger partial charge in [0, 0.05) is 31.7 Å². The number of hydrogen-bond donors (Lipinski definition) is 3. The highest BCUT2D eigenvalue weighted by molar-refractivity contribution is 5.97. The van der Waals surface area contributed by atoms with E-state index >= 15 is 0 Å². The van der Waals surface area contributed by atoms with Crippen molar-refractivity contribution in [2.45, 2.75) is 39.7 Å². The average molecular weight is 407 g/mol. The topological polar surface area (TPSA) is 90.5 Å². The van der Waals surface area contributed by atoms with Gasteiger partial charge in [-0.1, -0.05) is 13.8 Å². The maximum atomic E-state index is 13.1. The largest absolute Gasteiger partial charge is 0.354 e. The van der Waals surface area contributed by atoms with Gasteiger partial charge in [-0.05, 0) is 55.9 Å². The molecule has 1 aromatic rings. The minimum atomic E-state index is -0.706. The molecule has 1 atom stereocenters. The van der Waals surface area contributed by atoms with Crippen molar-refractivity contribution in [2.24, 2.45) is 11.8 Å². The number of carbonyl (C=O) groups excluding carboxylic acids is 3. The minimum Gasteiger partial charge on any atom is -0.354 e. The fourth-order valence-corrected chi connectivity index (χ4v) is 3.34. The molecule has 29 heavy (non-hydrogen) atoms. The van der Waals surface area contributed by atoms with Crippen molar-refractivity contribution in [2.75, 3.05) is 26.2 Å². The highest BCUT2D eigenvalue weighted by atomic mass is 19.1. The summed E-state index contributed by atoms with van der Waals surface area (Å²) in [4.78, 5) is 39.2. The van der Waals surface area contributed by atoms with Gasteiger partial charge in [0.25, 0.3) is 5.91 Å². The molecule has 0 aliphatic carbocycles. The molecule has 0 bridgehead atoms. The summed E-state index contributed by atoms with van der Waals surface area (Å²) >= 11 is 0. The van der Waals surface area contributed by atoms with Gasteiger partial charge in [0.05, 0.1) is 0 Å². The lowest BCUT2D eigenvalue weighted by Crippen LogP contribution is -2.54. The predicted octanol–water partition coefficient (Wildman–Crippen LogP) is 2.14. The third-order valence-corrected chi connectivity index (χ3v) is 4.99. The highest BCUT2D eigenvalue weighted by Gasteiger charge is 2.34. The number of benzene rings is 1. The maximum Gasteiger partial charge on any atom is 0.317 e. The van der Waals surface area contributed by atoms with Crippen molar-refractivity contribution in [1.29, 1.82) is 0 Å². The predicted molar refractivity (Wildman–Crippen MR) is 109 cm³/mol. The average Bonchev–Trinajstić information content (AvgIpc) is 2.71. The molecule has 3 N–H and O–H groups in total. The molecule has 160 valence electrons. The SMILES string of the molecule is CCNC(=O)N1CCC(C(NC(=O)c2ccc(F)cc2)C(=O)NCC(C)C)CC1. The zero-order valence-corrected chi connectivity index (χ0v) is 17.3. The number of hydrogen-bond acceptors (Lipinski definition) is 3. The molecule has 0 aromatic heterocycles. The number of rotatable bonds is 7. The lowest BCUT2D eigenvalue weighted by Gasteiger charge is -2.35. The first-order chi connectivity index (χ1) is 13.8. The number of nitrogens with one attached hydrogen (secondary N) is 3. The van der Waals surface area contributed by atoms with Crippen molar-refractivity contribution in [3.05, 3.63) is 35.6 Å². The van der Waals surface area contributed by atoms with Gasteiger partial charge in [0.2, 0.25) is 5.91 Å². The Morgan fingerprint density at radius 2 is 1.72 bits per heavy atom. The molecule has 0 radical (unpaired) electrons. The number of carbonyl (C=O) groups is 3. The van der Waals surface area contributed by atoms with E-state index in [0.29, 0.717) is 44.6 Å². The summed E-state index contributed by atoms with van der Waals surface area (Å²) in [5, 5.41) is 8.50. The monoisotopic (exact) mass is 406 g/mol. The Kier molecular flexibility index (Phi) is 8.42. The van der Waals surface area contributed by atoms with Crippen LogP contribution in [0.25, 0.3) is 0 Å². The van der Waals surface area contributed by atoms with Crippen molar-refractivity contribution in [3.8, 4) is 0 Å². The zero-order chi connectivity index (χ0) is 21.4. The lowest BCUT2D eigenvalue weighted by atomic mass is 9.88. The van der Waals surface area contributed by atoms with Gasteiger partial charge in [-0.2, -0.15) is 0 Å². The van der Waals surface area contributed by atoms with E-state index in [2.05, 4.69) is 16.0 Å². The van der Waals surface area contributed by atoms with Crippen LogP contribution in [0.3, 0.4) is 0 Å². The molecule has 4 amide bonds. The summed E-state index contributed by atoms with van der Waals surface area (Å²) in [5.41, 5.74) is 0.299. The van der Waals surface area contributed by atoms with Crippen LogP contribution in [0, 0.1) is 17.7 Å². The maximum absolute atomic E-state index is 13.1. The van der Waals surface area contributed by atoms with E-state index in [1.54, 1.807) is 4.90 Å². The fraction of sp³-hybridized carbons (Fsp3) is 0.571. The summed E-state index contributed by atoms with van der Waals surface area (Å²) in [5.74, 6) is -0.874. The molecule has 7 nitrogen and oxygen atoms in total. The van der Waals surface area contributed by atoms with Crippen LogP contribution < -0.4 is 16.0 Å². The molecule has 1 saturated heterocycles. The molecule has 1 unspecified atom stereocenters. The first-order valence-electron chi connectivity index (χ1n) is 10.2. The molecule has 1 heterocycles. The van der Waals surface area contributed by atoms with E-state index in [0.717, 1.165) is 0 Å². The lowest BCUT2D eigenvalue weighted by molar-refractivity contribution is -0.124. The van der Waals surface area contributed by atoms with Gasteiger partial charge in [-0.15, -0.1) is 0 Å². The third-order valence-electron chi connectivity index (χ3n) is 4.99. The quantitative estimate of drug-likeness (QED) is 0.648. The Morgan fingerprint density at radius 1 is 1.10 bits per heavy atom. The van der Waals surface area contributed by atoms with Crippen molar-refractivity contribution in [1.82, 2.24) is 20.9 Å². The first kappa shape index (κ1) is 22.6. The van der Waals surface area contributed by atoms with Crippen LogP contribution in [0.15, 0.2) is 24.3 Å². The molecule has 8 heteroatoms. The van der Waals surface area contributed by atoms with Gasteiger partial charge in [0.15, 0.2) is 0 Å². The van der Waals surface area contributed by atoms with Crippen molar-refractivity contribution >= 4 is 17.8 Å². The van der Waals surface area contributed by atoms with Gasteiger partial charge in [-0.25, -0.2) is 9.18 Å². The molecular weight excluding hydrogens is 375 g/mol. The summed E-state index contributed by atoms with van der Waals surface area (Å²) in [6.07, 6.45) is 1.22. The van der Waals surface area contributed by atoms with Crippen LogP contribution in [0.5, 0.6) is 0 Å².